The molecule has 10 aromatic carbocycles. The highest BCUT2D eigenvalue weighted by atomic mass is 14.9. The summed E-state index contributed by atoms with van der Waals surface area (Å²) in [5, 5.41) is 8.53. The Morgan fingerprint density at radius 2 is 0.609 bits per heavy atom. The third-order valence-electron chi connectivity index (χ3n) is 12.4. The average molecular weight is 814 g/mol. The molecule has 0 aliphatic heterocycles. The van der Waals surface area contributed by atoms with Crippen molar-refractivity contribution in [2.45, 2.75) is 0 Å². The standard InChI is InChI=1S/C61H39N3/c1-3-16-40(17-4-1)44-20-13-23-47(36-44)56-39-57(48-24-14-21-45(37-48)41-18-5-2-6-19-41)64-61(63-56)49-25-15-22-46(38-49)42-32-34-43(35-33-42)60-59-53-29-10-8-27-51(53)50-26-7-9-28-52(50)58(59)54-30-11-12-31-55(54)62-60/h1-39H. The fraction of sp³-hybridized carbons (Fsp3) is 0. The van der Waals surface area contributed by atoms with Crippen LogP contribution >= 0.6 is 0 Å². The number of pyridine rings is 1. The quantitative estimate of drug-likeness (QED) is 0.150. The van der Waals surface area contributed by atoms with E-state index in [9.17, 15) is 0 Å². The van der Waals surface area contributed by atoms with Crippen molar-refractivity contribution < 1.29 is 0 Å². The van der Waals surface area contributed by atoms with E-state index >= 15 is 0 Å². The molecule has 0 saturated heterocycles. The smallest absolute Gasteiger partial charge is 0.160 e. The van der Waals surface area contributed by atoms with Crippen molar-refractivity contribution in [3.8, 4) is 78.5 Å². The Morgan fingerprint density at radius 3 is 1.17 bits per heavy atom. The lowest BCUT2D eigenvalue weighted by Crippen LogP contribution is -1.96. The molecule has 2 heterocycles. The lowest BCUT2D eigenvalue weighted by Gasteiger charge is -2.16. The van der Waals surface area contributed by atoms with Crippen LogP contribution in [0.2, 0.25) is 0 Å². The maximum absolute atomic E-state index is 5.38. The van der Waals surface area contributed by atoms with Crippen LogP contribution in [-0.4, -0.2) is 15.0 Å². The van der Waals surface area contributed by atoms with Crippen LogP contribution in [0.5, 0.6) is 0 Å². The molecule has 12 aromatic rings. The van der Waals surface area contributed by atoms with Gasteiger partial charge in [-0.15, -0.1) is 0 Å². The molecule has 64 heavy (non-hydrogen) atoms. The molecule has 0 amide bonds. The van der Waals surface area contributed by atoms with Crippen molar-refractivity contribution in [1.82, 2.24) is 15.0 Å². The Balaban J connectivity index is 0.971. The number of hydrogen-bond donors (Lipinski definition) is 0. The van der Waals surface area contributed by atoms with Crippen LogP contribution in [0.3, 0.4) is 0 Å². The molecule has 0 fully saturated rings. The summed E-state index contributed by atoms with van der Waals surface area (Å²) in [5.41, 5.74) is 14.6. The molecule has 2 aromatic heterocycles. The molecule has 0 aliphatic rings. The van der Waals surface area contributed by atoms with Crippen LogP contribution in [0.25, 0.3) is 122 Å². The molecule has 3 nitrogen and oxygen atoms in total. The summed E-state index contributed by atoms with van der Waals surface area (Å²) in [6, 6.07) is 83.9. The van der Waals surface area contributed by atoms with Crippen LogP contribution in [0.1, 0.15) is 0 Å². The van der Waals surface area contributed by atoms with E-state index in [4.69, 9.17) is 15.0 Å². The van der Waals surface area contributed by atoms with Gasteiger partial charge in [0.15, 0.2) is 5.82 Å². The van der Waals surface area contributed by atoms with Crippen LogP contribution in [-0.2, 0) is 0 Å². The second-order valence-corrected chi connectivity index (χ2v) is 16.3. The van der Waals surface area contributed by atoms with E-state index in [1.165, 1.54) is 48.8 Å². The molecular formula is C61H39N3. The topological polar surface area (TPSA) is 38.7 Å². The number of benzene rings is 10. The molecule has 12 rings (SSSR count). The Morgan fingerprint density at radius 1 is 0.219 bits per heavy atom. The highest BCUT2D eigenvalue weighted by Gasteiger charge is 2.18. The summed E-state index contributed by atoms with van der Waals surface area (Å²) in [4.78, 5) is 16.0. The van der Waals surface area contributed by atoms with Crippen molar-refractivity contribution in [1.29, 1.82) is 0 Å². The van der Waals surface area contributed by atoms with Gasteiger partial charge in [-0.05, 0) is 85.3 Å². The molecule has 0 spiro atoms. The van der Waals surface area contributed by atoms with Crippen molar-refractivity contribution in [2.75, 3.05) is 0 Å². The summed E-state index contributed by atoms with van der Waals surface area (Å²) in [6.45, 7) is 0. The molecule has 0 bridgehead atoms. The number of nitrogens with zero attached hydrogens (tertiary/aromatic N) is 3. The first-order valence-electron chi connectivity index (χ1n) is 21.8. The SMILES string of the molecule is c1ccc(-c2cccc(-c3cc(-c4cccc(-c5ccccc5)c4)nc(-c4cccc(-c5ccc(-c6nc7ccccc7c7c8ccccc8c8ccccc8c67)cc5)c4)n3)c2)cc1. The first-order valence-corrected chi connectivity index (χ1v) is 21.8. The van der Waals surface area contributed by atoms with E-state index in [0.29, 0.717) is 5.82 Å². The minimum absolute atomic E-state index is 0.673. The number of hydrogen-bond acceptors (Lipinski definition) is 3. The van der Waals surface area contributed by atoms with Crippen LogP contribution in [0.15, 0.2) is 237 Å². The summed E-state index contributed by atoms with van der Waals surface area (Å²) in [7, 11) is 0. The third kappa shape index (κ3) is 6.68. The Labute approximate surface area is 371 Å². The van der Waals surface area contributed by atoms with Gasteiger partial charge in [0.1, 0.15) is 0 Å². The van der Waals surface area contributed by atoms with E-state index < -0.39 is 0 Å². The fourth-order valence-electron chi connectivity index (χ4n) is 9.34. The molecule has 0 unspecified atom stereocenters. The zero-order valence-corrected chi connectivity index (χ0v) is 34.9. The van der Waals surface area contributed by atoms with E-state index in [1.54, 1.807) is 0 Å². The molecule has 0 saturated carbocycles. The zero-order chi connectivity index (χ0) is 42.4. The highest BCUT2D eigenvalue weighted by molar-refractivity contribution is 6.33. The summed E-state index contributed by atoms with van der Waals surface area (Å²) in [6.07, 6.45) is 0. The largest absolute Gasteiger partial charge is 0.247 e. The summed E-state index contributed by atoms with van der Waals surface area (Å²) in [5.74, 6) is 0.673. The fourth-order valence-corrected chi connectivity index (χ4v) is 9.34. The second-order valence-electron chi connectivity index (χ2n) is 16.3. The minimum Gasteiger partial charge on any atom is -0.247 e. The van der Waals surface area contributed by atoms with Gasteiger partial charge in [0.2, 0.25) is 0 Å². The highest BCUT2D eigenvalue weighted by Crippen LogP contribution is 2.43. The van der Waals surface area contributed by atoms with E-state index in [0.717, 1.165) is 67.1 Å². The average Bonchev–Trinajstić information content (AvgIpc) is 3.39. The van der Waals surface area contributed by atoms with Crippen molar-refractivity contribution in [3.05, 3.63) is 237 Å². The van der Waals surface area contributed by atoms with Gasteiger partial charge in [0.05, 0.1) is 22.6 Å². The first-order chi connectivity index (χ1) is 31.7. The Hall–Kier alpha value is -8.53. The molecular weight excluding hydrogens is 775 g/mol. The van der Waals surface area contributed by atoms with E-state index in [-0.39, 0.29) is 0 Å². The lowest BCUT2D eigenvalue weighted by molar-refractivity contribution is 1.18. The van der Waals surface area contributed by atoms with Crippen molar-refractivity contribution >= 4 is 43.2 Å². The van der Waals surface area contributed by atoms with Gasteiger partial charge >= 0.3 is 0 Å². The predicted molar refractivity (Wildman–Crippen MR) is 268 cm³/mol. The summed E-state index contributed by atoms with van der Waals surface area (Å²) >= 11 is 0. The zero-order valence-electron chi connectivity index (χ0n) is 34.9. The number of fused-ring (bicyclic) bond motifs is 8. The molecule has 3 heteroatoms. The van der Waals surface area contributed by atoms with E-state index in [1.807, 2.05) is 0 Å². The lowest BCUT2D eigenvalue weighted by atomic mass is 9.89. The van der Waals surface area contributed by atoms with E-state index in [2.05, 4.69) is 237 Å². The Kier molecular flexibility index (Phi) is 9.16. The predicted octanol–water partition coefficient (Wildman–Crippen LogP) is 16.2. The number of aromatic nitrogens is 3. The molecule has 0 aliphatic carbocycles. The molecule has 0 radical (unpaired) electrons. The van der Waals surface area contributed by atoms with Gasteiger partial charge < -0.3 is 0 Å². The molecule has 298 valence electrons. The van der Waals surface area contributed by atoms with Gasteiger partial charge in [-0.25, -0.2) is 15.0 Å². The first kappa shape index (κ1) is 37.2. The summed E-state index contributed by atoms with van der Waals surface area (Å²) < 4.78 is 0. The van der Waals surface area contributed by atoms with Crippen molar-refractivity contribution in [3.63, 3.8) is 0 Å². The number of para-hydroxylation sites is 1. The van der Waals surface area contributed by atoms with Gasteiger partial charge in [0.25, 0.3) is 0 Å². The van der Waals surface area contributed by atoms with Crippen LogP contribution < -0.4 is 0 Å². The van der Waals surface area contributed by atoms with Gasteiger partial charge in [0, 0.05) is 38.4 Å². The molecule has 0 N–H and O–H groups in total. The van der Waals surface area contributed by atoms with Crippen molar-refractivity contribution in [2.24, 2.45) is 0 Å². The number of rotatable bonds is 7. The van der Waals surface area contributed by atoms with Crippen LogP contribution in [0, 0.1) is 0 Å². The second kappa shape index (κ2) is 15.7. The Bertz CT molecular complexity index is 3610. The maximum atomic E-state index is 5.38. The monoisotopic (exact) mass is 813 g/mol. The maximum Gasteiger partial charge on any atom is 0.160 e. The third-order valence-corrected chi connectivity index (χ3v) is 12.4. The van der Waals surface area contributed by atoms with Gasteiger partial charge in [-0.2, -0.15) is 0 Å². The molecule has 0 atom stereocenters. The van der Waals surface area contributed by atoms with Gasteiger partial charge in [-0.3, -0.25) is 0 Å². The van der Waals surface area contributed by atoms with Gasteiger partial charge in [-0.1, -0.05) is 206 Å². The van der Waals surface area contributed by atoms with Crippen LogP contribution in [0.4, 0.5) is 0 Å². The minimum atomic E-state index is 0.673. The normalized spacial score (nSPS) is 11.4.